The highest BCUT2D eigenvalue weighted by Crippen LogP contribution is 2.33. The van der Waals surface area contributed by atoms with Gasteiger partial charge < -0.3 is 24.0 Å². The summed E-state index contributed by atoms with van der Waals surface area (Å²) in [5, 5.41) is 0. The third-order valence-corrected chi connectivity index (χ3v) is 6.19. The molecular weight excluding hydrogens is 460 g/mol. The van der Waals surface area contributed by atoms with Crippen molar-refractivity contribution in [1.29, 1.82) is 0 Å². The van der Waals surface area contributed by atoms with Gasteiger partial charge >= 0.3 is 0 Å². The van der Waals surface area contributed by atoms with Gasteiger partial charge in [0.25, 0.3) is 11.8 Å². The summed E-state index contributed by atoms with van der Waals surface area (Å²) in [6, 6.07) is 22.9. The fourth-order valence-electron chi connectivity index (χ4n) is 4.27. The van der Waals surface area contributed by atoms with Gasteiger partial charge in [0.2, 0.25) is 0 Å². The zero-order valence-electron chi connectivity index (χ0n) is 19.7. The molecule has 0 radical (unpaired) electrons. The van der Waals surface area contributed by atoms with Gasteiger partial charge in [-0.25, -0.2) is 0 Å². The summed E-state index contributed by atoms with van der Waals surface area (Å²) in [6.07, 6.45) is -0.801. The summed E-state index contributed by atoms with van der Waals surface area (Å²) >= 11 is 0. The van der Waals surface area contributed by atoms with E-state index in [1.165, 1.54) is 4.90 Å². The maximum absolute atomic E-state index is 13.2. The highest BCUT2D eigenvalue weighted by Gasteiger charge is 2.36. The monoisotopic (exact) mass is 486 g/mol. The molecule has 0 N–H and O–H groups in total. The van der Waals surface area contributed by atoms with Crippen molar-refractivity contribution in [2.24, 2.45) is 0 Å². The Morgan fingerprint density at radius 1 is 0.833 bits per heavy atom. The first kappa shape index (κ1) is 23.6. The average molecular weight is 487 g/mol. The molecule has 0 bridgehead atoms. The largest absolute Gasteiger partial charge is 0.484 e. The van der Waals surface area contributed by atoms with Gasteiger partial charge in [-0.05, 0) is 36.4 Å². The first-order valence-electron chi connectivity index (χ1n) is 11.9. The smallest absolute Gasteiger partial charge is 0.265 e. The van der Waals surface area contributed by atoms with E-state index in [1.807, 2.05) is 24.3 Å². The number of ether oxygens (including phenoxy) is 3. The summed E-state index contributed by atoms with van der Waals surface area (Å²) in [4.78, 5) is 42.1. The first-order chi connectivity index (χ1) is 17.6. The summed E-state index contributed by atoms with van der Waals surface area (Å²) in [5.74, 6) is 0.405. The van der Waals surface area contributed by atoms with Crippen LogP contribution < -0.4 is 14.4 Å². The number of fused-ring (bicyclic) bond motifs is 1. The van der Waals surface area contributed by atoms with Crippen molar-refractivity contribution in [1.82, 2.24) is 4.90 Å². The summed E-state index contributed by atoms with van der Waals surface area (Å²) in [6.45, 7) is 1.85. The Kier molecular flexibility index (Phi) is 6.95. The predicted octanol–water partition coefficient (Wildman–Crippen LogP) is 2.95. The van der Waals surface area contributed by atoms with Crippen molar-refractivity contribution in [3.05, 3.63) is 90.0 Å². The second-order valence-electron chi connectivity index (χ2n) is 8.52. The molecule has 1 saturated heterocycles. The van der Waals surface area contributed by atoms with E-state index in [4.69, 9.17) is 14.2 Å². The van der Waals surface area contributed by atoms with Crippen LogP contribution in [0, 0.1) is 0 Å². The number of hydrogen-bond acceptors (Lipinski definition) is 6. The van der Waals surface area contributed by atoms with Gasteiger partial charge in [0.1, 0.15) is 11.5 Å². The fourth-order valence-corrected chi connectivity index (χ4v) is 4.27. The molecule has 8 nitrogen and oxygen atoms in total. The lowest BCUT2D eigenvalue weighted by Gasteiger charge is -2.37. The number of ketones is 1. The maximum Gasteiger partial charge on any atom is 0.265 e. The first-order valence-corrected chi connectivity index (χ1v) is 11.9. The Morgan fingerprint density at radius 3 is 2.25 bits per heavy atom. The Morgan fingerprint density at radius 2 is 1.50 bits per heavy atom. The van der Waals surface area contributed by atoms with Crippen molar-refractivity contribution in [2.75, 3.05) is 44.4 Å². The molecule has 1 atom stereocenters. The van der Waals surface area contributed by atoms with Crippen LogP contribution in [0.25, 0.3) is 0 Å². The van der Waals surface area contributed by atoms with E-state index in [0.29, 0.717) is 54.6 Å². The van der Waals surface area contributed by atoms with E-state index in [9.17, 15) is 14.4 Å². The zero-order chi connectivity index (χ0) is 24.9. The number of hydrogen-bond donors (Lipinski definition) is 0. The second-order valence-corrected chi connectivity index (χ2v) is 8.52. The van der Waals surface area contributed by atoms with Gasteiger partial charge in [0, 0.05) is 24.2 Å². The van der Waals surface area contributed by atoms with E-state index >= 15 is 0 Å². The zero-order valence-corrected chi connectivity index (χ0v) is 19.7. The predicted molar refractivity (Wildman–Crippen MR) is 132 cm³/mol. The number of nitrogens with zero attached hydrogens (tertiary/aromatic N) is 2. The van der Waals surface area contributed by atoms with E-state index in [1.54, 1.807) is 59.5 Å². The van der Waals surface area contributed by atoms with E-state index < -0.39 is 6.10 Å². The van der Waals surface area contributed by atoms with Crippen molar-refractivity contribution < 1.29 is 28.6 Å². The molecule has 2 amide bonds. The quantitative estimate of drug-likeness (QED) is 0.498. The molecule has 8 heteroatoms. The second kappa shape index (κ2) is 10.6. The molecular formula is C28H26N2O6. The highest BCUT2D eigenvalue weighted by molar-refractivity contribution is 6.09. The number of para-hydroxylation sites is 2. The Bertz CT molecular complexity index is 1240. The molecule has 1 fully saturated rings. The van der Waals surface area contributed by atoms with E-state index in [0.717, 1.165) is 0 Å². The molecule has 2 heterocycles. The molecule has 0 aromatic heterocycles. The van der Waals surface area contributed by atoms with E-state index in [-0.39, 0.29) is 30.7 Å². The van der Waals surface area contributed by atoms with Crippen LogP contribution in [0.2, 0.25) is 0 Å². The SMILES string of the molecule is O=C(c1ccccc1)c1ccc(OCC(=O)N2C[C@@H](C(=O)N3CCOCC3)Oc3ccccc32)cc1. The minimum Gasteiger partial charge on any atom is -0.484 e. The molecule has 3 aromatic carbocycles. The molecule has 2 aliphatic heterocycles. The molecule has 2 aliphatic rings. The van der Waals surface area contributed by atoms with Crippen LogP contribution in [-0.4, -0.2) is 68.1 Å². The number of carbonyl (C=O) groups is 3. The Balaban J connectivity index is 1.25. The molecule has 184 valence electrons. The average Bonchev–Trinajstić information content (AvgIpc) is 2.95. The standard InChI is InChI=1S/C28H26N2O6/c31-26(19-35-22-12-10-21(11-13-22)27(32)20-6-2-1-3-7-20)30-18-25(28(33)29-14-16-34-17-15-29)36-24-9-5-4-8-23(24)30/h1-13,25H,14-19H2/t25-/m0/s1. The molecule has 36 heavy (non-hydrogen) atoms. The van der Waals surface area contributed by atoms with Crippen LogP contribution >= 0.6 is 0 Å². The number of carbonyl (C=O) groups excluding carboxylic acids is 3. The molecule has 0 saturated carbocycles. The minimum atomic E-state index is -0.801. The lowest BCUT2D eigenvalue weighted by atomic mass is 10.0. The van der Waals surface area contributed by atoms with Crippen molar-refractivity contribution in [3.63, 3.8) is 0 Å². The normalized spacial score (nSPS) is 17.1. The van der Waals surface area contributed by atoms with E-state index in [2.05, 4.69) is 0 Å². The van der Waals surface area contributed by atoms with Crippen LogP contribution in [0.3, 0.4) is 0 Å². The van der Waals surface area contributed by atoms with Crippen LogP contribution in [0.15, 0.2) is 78.9 Å². The van der Waals surface area contributed by atoms with Gasteiger partial charge in [-0.15, -0.1) is 0 Å². The minimum absolute atomic E-state index is 0.0841. The van der Waals surface area contributed by atoms with Gasteiger partial charge in [-0.3, -0.25) is 14.4 Å². The third-order valence-electron chi connectivity index (χ3n) is 6.19. The summed E-state index contributed by atoms with van der Waals surface area (Å²) in [7, 11) is 0. The highest BCUT2D eigenvalue weighted by atomic mass is 16.5. The Labute approximate surface area is 209 Å². The number of rotatable bonds is 6. The number of amides is 2. The van der Waals surface area contributed by atoms with Gasteiger partial charge in [-0.1, -0.05) is 42.5 Å². The topological polar surface area (TPSA) is 85.4 Å². The van der Waals surface area contributed by atoms with Crippen LogP contribution in [-0.2, 0) is 14.3 Å². The van der Waals surface area contributed by atoms with Gasteiger partial charge in [-0.2, -0.15) is 0 Å². The molecule has 0 unspecified atom stereocenters. The van der Waals surface area contributed by atoms with Crippen molar-refractivity contribution in [3.8, 4) is 11.5 Å². The van der Waals surface area contributed by atoms with Crippen molar-refractivity contribution >= 4 is 23.3 Å². The lowest BCUT2D eigenvalue weighted by Crippen LogP contribution is -2.54. The summed E-state index contributed by atoms with van der Waals surface area (Å²) in [5.41, 5.74) is 1.74. The third kappa shape index (κ3) is 5.08. The molecule has 3 aromatic rings. The fraction of sp³-hybridized carbons (Fsp3) is 0.250. The Hall–Kier alpha value is -4.17. The van der Waals surface area contributed by atoms with Crippen LogP contribution in [0.1, 0.15) is 15.9 Å². The van der Waals surface area contributed by atoms with Gasteiger partial charge in [0.15, 0.2) is 18.5 Å². The van der Waals surface area contributed by atoms with Gasteiger partial charge in [0.05, 0.1) is 25.4 Å². The molecule has 0 aliphatic carbocycles. The number of anilines is 1. The number of morpholine rings is 1. The van der Waals surface area contributed by atoms with Crippen LogP contribution in [0.5, 0.6) is 11.5 Å². The lowest BCUT2D eigenvalue weighted by molar-refractivity contribution is -0.142. The van der Waals surface area contributed by atoms with Crippen LogP contribution in [0.4, 0.5) is 5.69 Å². The summed E-state index contributed by atoms with van der Waals surface area (Å²) < 4.78 is 17.0. The molecule has 0 spiro atoms. The maximum atomic E-state index is 13.2. The number of benzene rings is 3. The van der Waals surface area contributed by atoms with Crippen molar-refractivity contribution in [2.45, 2.75) is 6.10 Å². The molecule has 5 rings (SSSR count).